The predicted molar refractivity (Wildman–Crippen MR) is 152 cm³/mol. The van der Waals surface area contributed by atoms with E-state index in [2.05, 4.69) is 37.1 Å². The lowest BCUT2D eigenvalue weighted by atomic mass is 9.97. The summed E-state index contributed by atoms with van der Waals surface area (Å²) < 4.78 is 17.1. The van der Waals surface area contributed by atoms with Crippen LogP contribution in [0.25, 0.3) is 21.7 Å². The lowest BCUT2D eigenvalue weighted by molar-refractivity contribution is 0.102. The van der Waals surface area contributed by atoms with E-state index in [1.807, 2.05) is 66.7 Å². The normalized spacial score (nSPS) is 11.1. The summed E-state index contributed by atoms with van der Waals surface area (Å²) in [4.78, 5) is 17.5. The van der Waals surface area contributed by atoms with Crippen LogP contribution in [0.15, 0.2) is 79.0 Å². The van der Waals surface area contributed by atoms with E-state index in [0.29, 0.717) is 34.5 Å². The molecule has 0 atom stereocenters. The molecule has 6 nitrogen and oxygen atoms in total. The summed E-state index contributed by atoms with van der Waals surface area (Å²) in [7, 11) is 3.19. The lowest BCUT2D eigenvalue weighted by Crippen LogP contribution is -2.12. The molecule has 0 aliphatic rings. The van der Waals surface area contributed by atoms with Crippen molar-refractivity contribution in [2.45, 2.75) is 26.7 Å². The highest BCUT2D eigenvalue weighted by atomic mass is 16.5. The summed E-state index contributed by atoms with van der Waals surface area (Å²) in [5, 5.41) is 5.74. The van der Waals surface area contributed by atoms with Crippen LogP contribution < -0.4 is 19.5 Å². The summed E-state index contributed by atoms with van der Waals surface area (Å²) in [5.74, 6) is 2.78. The van der Waals surface area contributed by atoms with Gasteiger partial charge in [-0.1, -0.05) is 32.0 Å². The Hall–Kier alpha value is -4.58. The van der Waals surface area contributed by atoms with Crippen LogP contribution in [0, 0.1) is 6.92 Å². The Morgan fingerprint density at radius 3 is 2.32 bits per heavy atom. The number of fused-ring (bicyclic) bond motifs is 2. The van der Waals surface area contributed by atoms with Gasteiger partial charge in [0, 0.05) is 28.9 Å². The third kappa shape index (κ3) is 4.98. The van der Waals surface area contributed by atoms with Gasteiger partial charge in [-0.05, 0) is 83.3 Å². The number of rotatable bonds is 7. The molecule has 1 amide bonds. The minimum absolute atomic E-state index is 0.156. The quantitative estimate of drug-likeness (QED) is 0.243. The average molecular weight is 507 g/mol. The summed E-state index contributed by atoms with van der Waals surface area (Å²) in [6, 6.07) is 23.0. The van der Waals surface area contributed by atoms with E-state index >= 15 is 0 Å². The molecule has 0 unspecified atom stereocenters. The van der Waals surface area contributed by atoms with Crippen LogP contribution in [0.5, 0.6) is 23.0 Å². The molecule has 0 spiro atoms. The van der Waals surface area contributed by atoms with E-state index < -0.39 is 0 Å². The van der Waals surface area contributed by atoms with Gasteiger partial charge in [0.1, 0.15) is 11.5 Å². The summed E-state index contributed by atoms with van der Waals surface area (Å²) in [5.41, 5.74) is 4.53. The first kappa shape index (κ1) is 25.1. The minimum atomic E-state index is -0.156. The molecule has 4 aromatic carbocycles. The molecule has 0 radical (unpaired) electrons. The molecule has 5 aromatic rings. The molecule has 1 aromatic heterocycles. The maximum absolute atomic E-state index is 13.1. The largest absolute Gasteiger partial charge is 0.493 e. The first-order valence-electron chi connectivity index (χ1n) is 12.5. The Balaban J connectivity index is 1.42. The molecular formula is C32H30N2O4. The Morgan fingerprint density at radius 1 is 0.816 bits per heavy atom. The third-order valence-electron chi connectivity index (χ3n) is 6.66. The second-order valence-corrected chi connectivity index (χ2v) is 9.54. The maximum Gasteiger partial charge on any atom is 0.255 e. The Labute approximate surface area is 222 Å². The number of pyridine rings is 1. The second kappa shape index (κ2) is 10.4. The molecule has 0 aliphatic heterocycles. The number of ether oxygens (including phenoxy) is 3. The van der Waals surface area contributed by atoms with Crippen LogP contribution in [0.1, 0.15) is 41.3 Å². The average Bonchev–Trinajstić information content (AvgIpc) is 2.91. The van der Waals surface area contributed by atoms with Gasteiger partial charge in [-0.2, -0.15) is 0 Å². The van der Waals surface area contributed by atoms with Crippen molar-refractivity contribution in [3.05, 3.63) is 95.7 Å². The number of aryl methyl sites for hydroxylation is 1. The zero-order valence-electron chi connectivity index (χ0n) is 22.2. The zero-order valence-corrected chi connectivity index (χ0v) is 22.2. The smallest absolute Gasteiger partial charge is 0.255 e. The first-order valence-corrected chi connectivity index (χ1v) is 12.5. The van der Waals surface area contributed by atoms with Crippen LogP contribution in [0.2, 0.25) is 0 Å². The number of carbonyl (C=O) groups is 1. The van der Waals surface area contributed by atoms with Crippen LogP contribution >= 0.6 is 0 Å². The summed E-state index contributed by atoms with van der Waals surface area (Å²) >= 11 is 0. The molecule has 38 heavy (non-hydrogen) atoms. The van der Waals surface area contributed by atoms with Crippen LogP contribution in [0.3, 0.4) is 0 Å². The van der Waals surface area contributed by atoms with Crippen molar-refractivity contribution in [1.82, 2.24) is 4.98 Å². The second-order valence-electron chi connectivity index (χ2n) is 9.54. The van der Waals surface area contributed by atoms with Crippen molar-refractivity contribution in [2.24, 2.45) is 0 Å². The number of benzene rings is 4. The fourth-order valence-corrected chi connectivity index (χ4v) is 4.70. The molecule has 192 valence electrons. The topological polar surface area (TPSA) is 69.7 Å². The standard InChI is InChI=1S/C32H30N2O4/c1-19(2)26-11-9-24(14-20(26)3)34-32(35)22-7-6-21-8-10-25(16-23(21)15-22)38-29-12-13-33-28-18-31(37-5)30(36-4)17-27(28)29/h6-19H,1-5H3,(H,34,35). The highest BCUT2D eigenvalue weighted by Crippen LogP contribution is 2.37. The first-order chi connectivity index (χ1) is 18.4. The predicted octanol–water partition coefficient (Wildman–Crippen LogP) is 7.88. The van der Waals surface area contributed by atoms with Gasteiger partial charge in [0.25, 0.3) is 5.91 Å². The fraction of sp³-hybridized carbons (Fsp3) is 0.188. The van der Waals surface area contributed by atoms with Crippen LogP contribution in [0.4, 0.5) is 5.69 Å². The molecule has 0 saturated carbocycles. The highest BCUT2D eigenvalue weighted by Gasteiger charge is 2.13. The lowest BCUT2D eigenvalue weighted by Gasteiger charge is -2.13. The number of methoxy groups -OCH3 is 2. The van der Waals surface area contributed by atoms with E-state index in [1.54, 1.807) is 20.4 Å². The zero-order chi connectivity index (χ0) is 26.8. The van der Waals surface area contributed by atoms with Gasteiger partial charge >= 0.3 is 0 Å². The number of carbonyl (C=O) groups excluding carboxylic acids is 1. The highest BCUT2D eigenvalue weighted by molar-refractivity contribution is 6.06. The Bertz CT molecular complexity index is 1660. The number of nitrogens with one attached hydrogen (secondary N) is 1. The summed E-state index contributed by atoms with van der Waals surface area (Å²) in [6.07, 6.45) is 1.70. The molecule has 0 bridgehead atoms. The Kier molecular flexibility index (Phi) is 6.88. The van der Waals surface area contributed by atoms with E-state index in [-0.39, 0.29) is 5.91 Å². The van der Waals surface area contributed by atoms with Crippen molar-refractivity contribution < 1.29 is 19.0 Å². The van der Waals surface area contributed by atoms with Crippen molar-refractivity contribution in [1.29, 1.82) is 0 Å². The number of amides is 1. The number of nitrogens with zero attached hydrogens (tertiary/aromatic N) is 1. The number of aromatic nitrogens is 1. The van der Waals surface area contributed by atoms with Gasteiger partial charge in [0.15, 0.2) is 11.5 Å². The Morgan fingerprint density at radius 2 is 1.58 bits per heavy atom. The van der Waals surface area contributed by atoms with Gasteiger partial charge in [-0.3, -0.25) is 9.78 Å². The maximum atomic E-state index is 13.1. The molecule has 0 aliphatic carbocycles. The van der Waals surface area contributed by atoms with Crippen molar-refractivity contribution >= 4 is 33.3 Å². The van der Waals surface area contributed by atoms with E-state index in [9.17, 15) is 4.79 Å². The molecule has 0 saturated heterocycles. The van der Waals surface area contributed by atoms with E-state index in [0.717, 1.165) is 32.9 Å². The van der Waals surface area contributed by atoms with Crippen LogP contribution in [-0.4, -0.2) is 25.1 Å². The SMILES string of the molecule is COc1cc2nccc(Oc3ccc4ccc(C(=O)Nc5ccc(C(C)C)c(C)c5)cc4c3)c2cc1OC. The van der Waals surface area contributed by atoms with Gasteiger partial charge in [0.05, 0.1) is 19.7 Å². The van der Waals surface area contributed by atoms with E-state index in [4.69, 9.17) is 14.2 Å². The van der Waals surface area contributed by atoms with Crippen molar-refractivity contribution in [3.63, 3.8) is 0 Å². The summed E-state index contributed by atoms with van der Waals surface area (Å²) in [6.45, 7) is 6.40. The van der Waals surface area contributed by atoms with Gasteiger partial charge < -0.3 is 19.5 Å². The van der Waals surface area contributed by atoms with Gasteiger partial charge in [0.2, 0.25) is 0 Å². The third-order valence-corrected chi connectivity index (χ3v) is 6.66. The van der Waals surface area contributed by atoms with Gasteiger partial charge in [-0.15, -0.1) is 0 Å². The number of hydrogen-bond donors (Lipinski definition) is 1. The molecule has 1 N–H and O–H groups in total. The van der Waals surface area contributed by atoms with Crippen molar-refractivity contribution in [3.8, 4) is 23.0 Å². The van der Waals surface area contributed by atoms with Crippen molar-refractivity contribution in [2.75, 3.05) is 19.5 Å². The molecule has 1 heterocycles. The molecule has 5 rings (SSSR count). The monoisotopic (exact) mass is 506 g/mol. The van der Waals surface area contributed by atoms with Gasteiger partial charge in [-0.25, -0.2) is 0 Å². The van der Waals surface area contributed by atoms with E-state index in [1.165, 1.54) is 5.56 Å². The van der Waals surface area contributed by atoms with Crippen LogP contribution in [-0.2, 0) is 0 Å². The number of anilines is 1. The molecular weight excluding hydrogens is 476 g/mol. The molecule has 0 fully saturated rings. The minimum Gasteiger partial charge on any atom is -0.493 e. The molecule has 6 heteroatoms. The number of hydrogen-bond acceptors (Lipinski definition) is 5. The fourth-order valence-electron chi connectivity index (χ4n) is 4.70.